The third-order valence-electron chi connectivity index (χ3n) is 3.97. The van der Waals surface area contributed by atoms with Crippen LogP contribution in [0, 0.1) is 13.8 Å². The van der Waals surface area contributed by atoms with Crippen LogP contribution in [0.3, 0.4) is 0 Å². The molecule has 1 fully saturated rings. The fraction of sp³-hybridized carbons (Fsp3) is 0.467. The lowest BCUT2D eigenvalue weighted by atomic mass is 10.2. The van der Waals surface area contributed by atoms with Crippen LogP contribution < -0.4 is 0 Å². The number of rotatable bonds is 3. The Morgan fingerprint density at radius 1 is 1.36 bits per heavy atom. The molecule has 118 valence electrons. The fourth-order valence-electron chi connectivity index (χ4n) is 2.57. The van der Waals surface area contributed by atoms with Gasteiger partial charge in [-0.2, -0.15) is 0 Å². The zero-order valence-corrected chi connectivity index (χ0v) is 13.5. The SMILES string of the molecule is Cc1nc(CN2CCN(C(=O)c3cc(Cl)c[nH]3)CC2)oc1C. The van der Waals surface area contributed by atoms with Crippen LogP contribution in [0.15, 0.2) is 16.7 Å². The number of oxazole rings is 1. The average molecular weight is 323 g/mol. The molecule has 2 aromatic rings. The zero-order valence-electron chi connectivity index (χ0n) is 12.7. The van der Waals surface area contributed by atoms with Gasteiger partial charge in [-0.3, -0.25) is 9.69 Å². The largest absolute Gasteiger partial charge is 0.444 e. The van der Waals surface area contributed by atoms with E-state index in [2.05, 4.69) is 14.9 Å². The monoisotopic (exact) mass is 322 g/mol. The summed E-state index contributed by atoms with van der Waals surface area (Å²) >= 11 is 5.84. The van der Waals surface area contributed by atoms with Crippen molar-refractivity contribution in [3.8, 4) is 0 Å². The summed E-state index contributed by atoms with van der Waals surface area (Å²) in [6.45, 7) is 7.54. The normalized spacial score (nSPS) is 16.2. The highest BCUT2D eigenvalue weighted by Gasteiger charge is 2.24. The molecule has 1 N–H and O–H groups in total. The van der Waals surface area contributed by atoms with Gasteiger partial charge in [-0.15, -0.1) is 0 Å². The van der Waals surface area contributed by atoms with Crippen LogP contribution in [0.4, 0.5) is 0 Å². The van der Waals surface area contributed by atoms with Crippen LogP contribution >= 0.6 is 11.6 Å². The van der Waals surface area contributed by atoms with Gasteiger partial charge in [0.05, 0.1) is 17.3 Å². The Hall–Kier alpha value is -1.79. The number of halogens is 1. The molecular weight excluding hydrogens is 304 g/mol. The van der Waals surface area contributed by atoms with Crippen molar-refractivity contribution >= 4 is 17.5 Å². The first-order valence-electron chi connectivity index (χ1n) is 7.31. The first kappa shape index (κ1) is 15.1. The van der Waals surface area contributed by atoms with Crippen molar-refractivity contribution in [1.29, 1.82) is 0 Å². The molecule has 1 amide bonds. The van der Waals surface area contributed by atoms with E-state index in [1.54, 1.807) is 12.3 Å². The Balaban J connectivity index is 1.55. The number of carbonyl (C=O) groups excluding carboxylic acids is 1. The third-order valence-corrected chi connectivity index (χ3v) is 4.19. The molecule has 0 radical (unpaired) electrons. The topological polar surface area (TPSA) is 65.4 Å². The second-order valence-electron chi connectivity index (χ2n) is 5.55. The number of H-pyrrole nitrogens is 1. The molecule has 1 saturated heterocycles. The predicted octanol–water partition coefficient (Wildman–Crippen LogP) is 2.23. The van der Waals surface area contributed by atoms with E-state index < -0.39 is 0 Å². The number of aromatic nitrogens is 2. The van der Waals surface area contributed by atoms with Crippen molar-refractivity contribution in [2.24, 2.45) is 0 Å². The first-order valence-corrected chi connectivity index (χ1v) is 7.69. The molecule has 22 heavy (non-hydrogen) atoms. The second kappa shape index (κ2) is 6.14. The van der Waals surface area contributed by atoms with Crippen molar-refractivity contribution in [3.05, 3.63) is 40.3 Å². The first-order chi connectivity index (χ1) is 10.5. The molecule has 0 aromatic carbocycles. The molecule has 1 aliphatic heterocycles. The van der Waals surface area contributed by atoms with Gasteiger partial charge in [-0.1, -0.05) is 11.6 Å². The standard InChI is InChI=1S/C15H19ClN4O2/c1-10-11(2)22-14(18-10)9-19-3-5-20(6-4-19)15(21)13-7-12(16)8-17-13/h7-8,17H,3-6,9H2,1-2H3. The average Bonchev–Trinajstić information content (AvgIpc) is 3.06. The summed E-state index contributed by atoms with van der Waals surface area (Å²) in [5, 5.41) is 0.552. The number of aromatic amines is 1. The number of nitrogens with one attached hydrogen (secondary N) is 1. The minimum atomic E-state index is -0.00522. The van der Waals surface area contributed by atoms with E-state index in [1.807, 2.05) is 18.7 Å². The molecule has 6 nitrogen and oxygen atoms in total. The highest BCUT2D eigenvalue weighted by atomic mass is 35.5. The maximum atomic E-state index is 12.3. The van der Waals surface area contributed by atoms with Gasteiger partial charge in [0.1, 0.15) is 11.5 Å². The molecule has 0 unspecified atom stereocenters. The Morgan fingerprint density at radius 2 is 2.09 bits per heavy atom. The van der Waals surface area contributed by atoms with Crippen molar-refractivity contribution in [3.63, 3.8) is 0 Å². The lowest BCUT2D eigenvalue weighted by Crippen LogP contribution is -2.48. The Morgan fingerprint density at radius 3 is 2.64 bits per heavy atom. The minimum Gasteiger partial charge on any atom is -0.444 e. The van der Waals surface area contributed by atoms with Crippen LogP contribution in [0.25, 0.3) is 0 Å². The summed E-state index contributed by atoms with van der Waals surface area (Å²) < 4.78 is 5.61. The molecule has 1 aliphatic rings. The van der Waals surface area contributed by atoms with Gasteiger partial charge in [0.25, 0.3) is 5.91 Å². The Bertz CT molecular complexity index is 651. The van der Waals surface area contributed by atoms with Crippen LogP contribution in [0.2, 0.25) is 5.02 Å². The molecule has 0 spiro atoms. The van der Waals surface area contributed by atoms with Gasteiger partial charge in [0.15, 0.2) is 0 Å². The summed E-state index contributed by atoms with van der Waals surface area (Å²) in [4.78, 5) is 23.7. The molecule has 0 bridgehead atoms. The minimum absolute atomic E-state index is 0.00522. The Kier molecular flexibility index (Phi) is 4.22. The van der Waals surface area contributed by atoms with Crippen LogP contribution in [-0.2, 0) is 6.54 Å². The number of piperazine rings is 1. The number of amides is 1. The van der Waals surface area contributed by atoms with Gasteiger partial charge in [0.2, 0.25) is 5.89 Å². The molecule has 3 rings (SSSR count). The quantitative estimate of drug-likeness (QED) is 0.941. The van der Waals surface area contributed by atoms with E-state index in [4.69, 9.17) is 16.0 Å². The summed E-state index contributed by atoms with van der Waals surface area (Å²) in [5.74, 6) is 1.60. The summed E-state index contributed by atoms with van der Waals surface area (Å²) in [6.07, 6.45) is 1.62. The summed E-state index contributed by atoms with van der Waals surface area (Å²) in [5.41, 5.74) is 1.48. The van der Waals surface area contributed by atoms with Crippen molar-refractivity contribution in [2.75, 3.05) is 26.2 Å². The van der Waals surface area contributed by atoms with Gasteiger partial charge in [0, 0.05) is 32.4 Å². The molecule has 7 heteroatoms. The lowest BCUT2D eigenvalue weighted by molar-refractivity contribution is 0.0613. The maximum Gasteiger partial charge on any atom is 0.270 e. The molecule has 0 aliphatic carbocycles. The Labute approximate surface area is 134 Å². The molecule has 3 heterocycles. The predicted molar refractivity (Wildman–Crippen MR) is 83.0 cm³/mol. The lowest BCUT2D eigenvalue weighted by Gasteiger charge is -2.33. The smallest absolute Gasteiger partial charge is 0.270 e. The highest BCUT2D eigenvalue weighted by molar-refractivity contribution is 6.30. The number of aryl methyl sites for hydroxylation is 2. The zero-order chi connectivity index (χ0) is 15.7. The second-order valence-corrected chi connectivity index (χ2v) is 5.99. The summed E-state index contributed by atoms with van der Waals surface area (Å²) in [7, 11) is 0. The van der Waals surface area contributed by atoms with E-state index >= 15 is 0 Å². The van der Waals surface area contributed by atoms with Gasteiger partial charge >= 0.3 is 0 Å². The van der Waals surface area contributed by atoms with Gasteiger partial charge in [-0.25, -0.2) is 4.98 Å². The summed E-state index contributed by atoms with van der Waals surface area (Å²) in [6, 6.07) is 1.66. The number of nitrogens with zero attached hydrogens (tertiary/aromatic N) is 3. The van der Waals surface area contributed by atoms with E-state index in [-0.39, 0.29) is 5.91 Å². The molecule has 0 saturated carbocycles. The fourth-order valence-corrected chi connectivity index (χ4v) is 2.73. The van der Waals surface area contributed by atoms with Gasteiger partial charge in [-0.05, 0) is 19.9 Å². The van der Waals surface area contributed by atoms with Crippen molar-refractivity contribution in [2.45, 2.75) is 20.4 Å². The van der Waals surface area contributed by atoms with E-state index in [1.165, 1.54) is 0 Å². The van der Waals surface area contributed by atoms with Crippen LogP contribution in [0.1, 0.15) is 27.8 Å². The number of carbonyl (C=O) groups is 1. The maximum absolute atomic E-state index is 12.3. The van der Waals surface area contributed by atoms with E-state index in [0.29, 0.717) is 30.4 Å². The highest BCUT2D eigenvalue weighted by Crippen LogP contribution is 2.15. The number of hydrogen-bond donors (Lipinski definition) is 1. The third kappa shape index (κ3) is 3.18. The van der Waals surface area contributed by atoms with Crippen LogP contribution in [0.5, 0.6) is 0 Å². The number of hydrogen-bond acceptors (Lipinski definition) is 4. The van der Waals surface area contributed by atoms with Crippen LogP contribution in [-0.4, -0.2) is 51.9 Å². The molecular formula is C15H19ClN4O2. The molecule has 2 aromatic heterocycles. The van der Waals surface area contributed by atoms with Crippen molar-refractivity contribution in [1.82, 2.24) is 19.8 Å². The van der Waals surface area contributed by atoms with Crippen molar-refractivity contribution < 1.29 is 9.21 Å². The van der Waals surface area contributed by atoms with E-state index in [9.17, 15) is 4.79 Å². The van der Waals surface area contributed by atoms with Gasteiger partial charge < -0.3 is 14.3 Å². The van der Waals surface area contributed by atoms with E-state index in [0.717, 1.165) is 30.4 Å². The molecule has 0 atom stereocenters.